The monoisotopic (exact) mass is 708 g/mol. The van der Waals surface area contributed by atoms with Gasteiger partial charge >= 0.3 is 6.09 Å². The van der Waals surface area contributed by atoms with E-state index in [4.69, 9.17) is 4.74 Å². The van der Waals surface area contributed by atoms with Crippen LogP contribution >= 0.6 is 45.2 Å². The Morgan fingerprint density at radius 3 is 2.50 bits per heavy atom. The largest absolute Gasteiger partial charge is 0.506 e. The topological polar surface area (TPSA) is 116 Å². The maximum Gasteiger partial charge on any atom is 0.408 e. The lowest BCUT2D eigenvalue weighted by Gasteiger charge is -2.17. The number of benzene rings is 3. The number of nitrogens with one attached hydrogen (secondary N) is 3. The molecule has 3 aromatic carbocycles. The number of carbonyl (C=O) groups excluding carboxylic acids is 2. The molecule has 1 aromatic heterocycles. The normalized spacial score (nSPS) is 11.9. The van der Waals surface area contributed by atoms with Gasteiger partial charge in [0.15, 0.2) is 0 Å². The van der Waals surface area contributed by atoms with Crippen molar-refractivity contribution in [3.8, 4) is 5.75 Å². The second-order valence-electron chi connectivity index (χ2n) is 7.89. The number of carbonyl (C=O) groups is 2. The highest BCUT2D eigenvalue weighted by Crippen LogP contribution is 2.26. The van der Waals surface area contributed by atoms with E-state index in [1.54, 1.807) is 12.1 Å². The Bertz CT molecular complexity index is 1380. The van der Waals surface area contributed by atoms with Gasteiger partial charge in [0.1, 0.15) is 18.4 Å². The number of fused-ring (bicyclic) bond motifs is 1. The SMILES string of the molecule is O=C(N[C@H](Cc1c[nH]c2ccccc12)C(=O)N/N=C\c1cc(I)c(O)c(I)c1)OCc1ccccc1. The summed E-state index contributed by atoms with van der Waals surface area (Å²) in [5.74, 6) is -0.286. The van der Waals surface area contributed by atoms with Gasteiger partial charge in [-0.25, -0.2) is 10.2 Å². The van der Waals surface area contributed by atoms with Crippen LogP contribution < -0.4 is 10.7 Å². The van der Waals surface area contributed by atoms with E-state index in [2.05, 4.69) is 20.8 Å². The third-order valence-corrected chi connectivity index (χ3v) is 6.99. The van der Waals surface area contributed by atoms with Gasteiger partial charge in [-0.2, -0.15) is 5.10 Å². The zero-order chi connectivity index (χ0) is 25.5. The number of hydrogen-bond donors (Lipinski definition) is 4. The quantitative estimate of drug-likeness (QED) is 0.116. The number of H-pyrrole nitrogens is 1. The molecule has 36 heavy (non-hydrogen) atoms. The second-order valence-corrected chi connectivity index (χ2v) is 10.2. The predicted octanol–water partition coefficient (Wildman–Crippen LogP) is 5.07. The first kappa shape index (κ1) is 25.9. The van der Waals surface area contributed by atoms with Crippen molar-refractivity contribution in [2.45, 2.75) is 19.1 Å². The molecule has 0 bridgehead atoms. The Kier molecular flexibility index (Phi) is 8.80. The number of rotatable bonds is 8. The first-order valence-corrected chi connectivity index (χ1v) is 13.1. The van der Waals surface area contributed by atoms with Crippen LogP contribution in [0.25, 0.3) is 10.9 Å². The zero-order valence-electron chi connectivity index (χ0n) is 18.9. The molecule has 0 radical (unpaired) electrons. The molecule has 10 heteroatoms. The van der Waals surface area contributed by atoms with Gasteiger partial charge in [0.2, 0.25) is 0 Å². The van der Waals surface area contributed by atoms with Crippen molar-refractivity contribution in [1.82, 2.24) is 15.7 Å². The molecule has 184 valence electrons. The highest BCUT2D eigenvalue weighted by Gasteiger charge is 2.23. The van der Waals surface area contributed by atoms with Crippen molar-refractivity contribution in [3.63, 3.8) is 0 Å². The molecule has 0 spiro atoms. The van der Waals surface area contributed by atoms with Crippen LogP contribution in [0.1, 0.15) is 16.7 Å². The molecule has 0 saturated heterocycles. The maximum absolute atomic E-state index is 13.0. The van der Waals surface area contributed by atoms with Gasteiger partial charge in [0.05, 0.1) is 13.4 Å². The van der Waals surface area contributed by atoms with Gasteiger partial charge in [-0.3, -0.25) is 4.79 Å². The van der Waals surface area contributed by atoms with E-state index in [0.717, 1.165) is 22.0 Å². The van der Waals surface area contributed by atoms with Crippen molar-refractivity contribution in [2.24, 2.45) is 5.10 Å². The lowest BCUT2D eigenvalue weighted by molar-refractivity contribution is -0.123. The second kappa shape index (κ2) is 12.2. The van der Waals surface area contributed by atoms with Crippen LogP contribution in [0.15, 0.2) is 78.0 Å². The van der Waals surface area contributed by atoms with Gasteiger partial charge in [-0.05, 0) is 80.1 Å². The molecule has 1 atom stereocenters. The Labute approximate surface area is 234 Å². The Balaban J connectivity index is 1.47. The highest BCUT2D eigenvalue weighted by atomic mass is 127. The van der Waals surface area contributed by atoms with Crippen LogP contribution in [-0.4, -0.2) is 34.3 Å². The van der Waals surface area contributed by atoms with Gasteiger partial charge in [0.25, 0.3) is 5.91 Å². The highest BCUT2D eigenvalue weighted by molar-refractivity contribution is 14.1. The number of ether oxygens (including phenoxy) is 1. The van der Waals surface area contributed by atoms with Gasteiger partial charge in [-0.1, -0.05) is 48.5 Å². The number of alkyl carbamates (subject to hydrolysis) is 1. The molecule has 0 aliphatic heterocycles. The predicted molar refractivity (Wildman–Crippen MR) is 155 cm³/mol. The smallest absolute Gasteiger partial charge is 0.408 e. The van der Waals surface area contributed by atoms with Gasteiger partial charge in [-0.15, -0.1) is 0 Å². The lowest BCUT2D eigenvalue weighted by atomic mass is 10.0. The Morgan fingerprint density at radius 1 is 1.06 bits per heavy atom. The van der Waals surface area contributed by atoms with Crippen molar-refractivity contribution in [2.75, 3.05) is 0 Å². The maximum atomic E-state index is 13.0. The number of halogens is 2. The standard InChI is InChI=1S/C26H22I2N4O4/c27-20-10-17(11-21(28)24(20)33)13-30-32-25(34)23(12-18-14-29-22-9-5-4-8-19(18)22)31-26(35)36-15-16-6-2-1-3-7-16/h1-11,13-14,23,29,33H,12,15H2,(H,31,35)(H,32,34)/b30-13-/t23-/m1/s1. The average molecular weight is 708 g/mol. The Hall–Kier alpha value is -3.13. The van der Waals surface area contributed by atoms with E-state index in [-0.39, 0.29) is 18.8 Å². The van der Waals surface area contributed by atoms with E-state index in [0.29, 0.717) is 12.7 Å². The van der Waals surface area contributed by atoms with E-state index < -0.39 is 18.0 Å². The number of aromatic amines is 1. The molecule has 0 fully saturated rings. The van der Waals surface area contributed by atoms with Crippen LogP contribution in [0.2, 0.25) is 0 Å². The van der Waals surface area contributed by atoms with E-state index >= 15 is 0 Å². The van der Waals surface area contributed by atoms with E-state index in [1.807, 2.05) is 106 Å². The summed E-state index contributed by atoms with van der Waals surface area (Å²) in [6, 6.07) is 19.6. The fraction of sp³-hybridized carbons (Fsp3) is 0.115. The van der Waals surface area contributed by atoms with Crippen LogP contribution in [0.4, 0.5) is 4.79 Å². The molecule has 4 rings (SSSR count). The third kappa shape index (κ3) is 6.75. The van der Waals surface area contributed by atoms with E-state index in [9.17, 15) is 14.7 Å². The fourth-order valence-corrected chi connectivity index (χ4v) is 5.36. The summed E-state index contributed by atoms with van der Waals surface area (Å²) in [6.45, 7) is 0.0877. The van der Waals surface area contributed by atoms with Crippen molar-refractivity contribution in [3.05, 3.63) is 96.8 Å². The van der Waals surface area contributed by atoms with Crippen molar-refractivity contribution < 1.29 is 19.4 Å². The summed E-state index contributed by atoms with van der Waals surface area (Å²) in [6.07, 6.45) is 2.84. The molecule has 2 amide bonds. The van der Waals surface area contributed by atoms with Crippen molar-refractivity contribution in [1.29, 1.82) is 0 Å². The molecular formula is C26H22I2N4O4. The molecule has 1 heterocycles. The Morgan fingerprint density at radius 2 is 1.75 bits per heavy atom. The molecule has 0 saturated carbocycles. The molecule has 0 aliphatic rings. The molecule has 0 unspecified atom stereocenters. The van der Waals surface area contributed by atoms with E-state index in [1.165, 1.54) is 6.21 Å². The average Bonchev–Trinajstić information content (AvgIpc) is 3.29. The fourth-order valence-electron chi connectivity index (χ4n) is 3.54. The van der Waals surface area contributed by atoms with Crippen LogP contribution in [0.3, 0.4) is 0 Å². The van der Waals surface area contributed by atoms with Gasteiger partial charge < -0.3 is 20.1 Å². The number of phenolic OH excluding ortho intramolecular Hbond substituents is 1. The summed E-state index contributed by atoms with van der Waals surface area (Å²) >= 11 is 4.05. The molecular weight excluding hydrogens is 686 g/mol. The van der Waals surface area contributed by atoms with Crippen LogP contribution in [-0.2, 0) is 22.6 Å². The number of nitrogens with zero attached hydrogens (tertiary/aromatic N) is 1. The molecule has 4 aromatic rings. The summed E-state index contributed by atoms with van der Waals surface area (Å²) in [7, 11) is 0. The summed E-state index contributed by atoms with van der Waals surface area (Å²) in [5, 5.41) is 17.6. The van der Waals surface area contributed by atoms with Gasteiger partial charge in [0, 0.05) is 23.5 Å². The molecule has 8 nitrogen and oxygen atoms in total. The number of aromatic nitrogens is 1. The summed E-state index contributed by atoms with van der Waals surface area (Å²) in [4.78, 5) is 28.8. The minimum atomic E-state index is -0.926. The van der Waals surface area contributed by atoms with Crippen LogP contribution in [0, 0.1) is 7.14 Å². The summed E-state index contributed by atoms with van der Waals surface area (Å²) < 4.78 is 6.67. The number of para-hydroxylation sites is 1. The number of aromatic hydroxyl groups is 1. The van der Waals surface area contributed by atoms with Crippen molar-refractivity contribution >= 4 is 74.3 Å². The number of phenols is 1. The third-order valence-electron chi connectivity index (χ3n) is 5.35. The first-order chi connectivity index (χ1) is 17.4. The van der Waals surface area contributed by atoms with Crippen LogP contribution in [0.5, 0.6) is 5.75 Å². The first-order valence-electron chi connectivity index (χ1n) is 10.9. The minimum absolute atomic E-state index is 0.0877. The number of amides is 2. The molecule has 4 N–H and O–H groups in total. The minimum Gasteiger partial charge on any atom is -0.506 e. The number of hydrazone groups is 1. The summed E-state index contributed by atoms with van der Waals surface area (Å²) in [5.41, 5.74) is 5.87. The zero-order valence-corrected chi connectivity index (χ0v) is 23.2. The number of hydrogen-bond acceptors (Lipinski definition) is 5. The lowest BCUT2D eigenvalue weighted by Crippen LogP contribution is -2.47. The molecule has 0 aliphatic carbocycles.